The van der Waals surface area contributed by atoms with Gasteiger partial charge in [-0.1, -0.05) is 22.6 Å². The summed E-state index contributed by atoms with van der Waals surface area (Å²) in [5, 5.41) is 0. The molecule has 2 aliphatic rings. The highest BCUT2D eigenvalue weighted by atomic mass is 127. The molecule has 0 amide bonds. The summed E-state index contributed by atoms with van der Waals surface area (Å²) in [6.45, 7) is 7.65. The first kappa shape index (κ1) is 11.1. The van der Waals surface area contributed by atoms with Crippen LogP contribution in [0.4, 0.5) is 0 Å². The molecule has 2 heterocycles. The van der Waals surface area contributed by atoms with Crippen LogP contribution in [-0.2, 0) is 0 Å². The van der Waals surface area contributed by atoms with Crippen LogP contribution in [0.5, 0.6) is 0 Å². The maximum absolute atomic E-state index is 2.72. The van der Waals surface area contributed by atoms with Crippen molar-refractivity contribution in [2.45, 2.75) is 42.7 Å². The lowest BCUT2D eigenvalue weighted by atomic mass is 10.0. The van der Waals surface area contributed by atoms with Gasteiger partial charge in [0.25, 0.3) is 0 Å². The predicted molar refractivity (Wildman–Crippen MR) is 68.9 cm³/mol. The number of hydrogen-bond acceptors (Lipinski definition) is 2. The Morgan fingerprint density at radius 3 is 2.14 bits per heavy atom. The van der Waals surface area contributed by atoms with Gasteiger partial charge in [-0.15, -0.1) is 0 Å². The van der Waals surface area contributed by atoms with Gasteiger partial charge < -0.3 is 4.90 Å². The molecule has 3 heteroatoms. The van der Waals surface area contributed by atoms with Crippen molar-refractivity contribution in [2.75, 3.05) is 26.2 Å². The number of likely N-dealkylation sites (tertiary alicyclic amines) is 2. The molecule has 82 valence electrons. The quantitative estimate of drug-likeness (QED) is 0.439. The fourth-order valence-electron chi connectivity index (χ4n) is 2.71. The second-order valence-electron chi connectivity index (χ2n) is 4.58. The van der Waals surface area contributed by atoms with Crippen LogP contribution >= 0.6 is 22.6 Å². The van der Waals surface area contributed by atoms with Gasteiger partial charge >= 0.3 is 0 Å². The molecule has 0 unspecified atom stereocenters. The molecule has 0 spiro atoms. The molecular weight excluding hydrogens is 287 g/mol. The highest BCUT2D eigenvalue weighted by Crippen LogP contribution is 2.23. The van der Waals surface area contributed by atoms with Crippen molar-refractivity contribution in [3.63, 3.8) is 0 Å². The summed E-state index contributed by atoms with van der Waals surface area (Å²) in [5.74, 6) is 0. The van der Waals surface area contributed by atoms with E-state index in [0.717, 1.165) is 6.04 Å². The van der Waals surface area contributed by atoms with Gasteiger partial charge in [0.1, 0.15) is 0 Å². The molecule has 2 saturated heterocycles. The molecule has 0 saturated carbocycles. The van der Waals surface area contributed by atoms with Crippen molar-refractivity contribution in [2.24, 2.45) is 0 Å². The first-order chi connectivity index (χ1) is 6.77. The zero-order valence-corrected chi connectivity index (χ0v) is 11.2. The fraction of sp³-hybridized carbons (Fsp3) is 1.00. The molecular formula is C11H21IN2. The van der Waals surface area contributed by atoms with Gasteiger partial charge in [-0.25, -0.2) is 0 Å². The van der Waals surface area contributed by atoms with Crippen LogP contribution < -0.4 is 0 Å². The number of halogens is 1. The Kier molecular flexibility index (Phi) is 4.08. The summed E-state index contributed by atoms with van der Waals surface area (Å²) in [7, 11) is 0. The van der Waals surface area contributed by atoms with Crippen molar-refractivity contribution in [1.29, 1.82) is 0 Å². The van der Waals surface area contributed by atoms with Gasteiger partial charge in [-0.2, -0.15) is 0 Å². The molecule has 0 bridgehead atoms. The second kappa shape index (κ2) is 5.12. The minimum Gasteiger partial charge on any atom is -0.300 e. The van der Waals surface area contributed by atoms with Crippen LogP contribution in [-0.4, -0.2) is 46.1 Å². The van der Waals surface area contributed by atoms with E-state index in [-0.39, 0.29) is 0 Å². The minimum absolute atomic E-state index is 0.715. The molecule has 0 aromatic carbocycles. The van der Waals surface area contributed by atoms with E-state index in [1.54, 1.807) is 0 Å². The standard InChI is InChI=1S/C11H21IN2/c1-10(12)13-8-4-11(5-9-13)14-6-2-3-7-14/h10-11H,2-9H2,1H3/t10-/m1/s1. The second-order valence-corrected chi connectivity index (χ2v) is 6.39. The molecule has 1 atom stereocenters. The minimum atomic E-state index is 0.715. The van der Waals surface area contributed by atoms with Crippen LogP contribution in [0.25, 0.3) is 0 Å². The molecule has 0 aromatic rings. The third kappa shape index (κ3) is 2.61. The zero-order chi connectivity index (χ0) is 9.97. The average molecular weight is 308 g/mol. The number of alkyl halides is 1. The van der Waals surface area contributed by atoms with Gasteiger partial charge in [0.2, 0.25) is 0 Å². The maximum atomic E-state index is 2.72. The molecule has 2 aliphatic heterocycles. The fourth-order valence-corrected chi connectivity index (χ4v) is 3.27. The normalized spacial score (nSPS) is 29.6. The van der Waals surface area contributed by atoms with E-state index < -0.39 is 0 Å². The summed E-state index contributed by atoms with van der Waals surface area (Å²) in [4.78, 5) is 5.32. The average Bonchev–Trinajstić information content (AvgIpc) is 2.71. The van der Waals surface area contributed by atoms with E-state index in [1.165, 1.54) is 51.9 Å². The highest BCUT2D eigenvalue weighted by Gasteiger charge is 2.27. The highest BCUT2D eigenvalue weighted by molar-refractivity contribution is 14.1. The topological polar surface area (TPSA) is 6.48 Å². The molecule has 0 aromatic heterocycles. The summed E-state index contributed by atoms with van der Waals surface area (Å²) >= 11 is 2.53. The molecule has 14 heavy (non-hydrogen) atoms. The van der Waals surface area contributed by atoms with E-state index in [2.05, 4.69) is 39.3 Å². The summed E-state index contributed by atoms with van der Waals surface area (Å²) in [6.07, 6.45) is 5.66. The van der Waals surface area contributed by atoms with Crippen LogP contribution in [0, 0.1) is 0 Å². The van der Waals surface area contributed by atoms with Crippen molar-refractivity contribution in [3.05, 3.63) is 0 Å². The SMILES string of the molecule is C[C@H](I)N1CCC(N2CCCC2)CC1. The number of nitrogens with zero attached hydrogens (tertiary/aromatic N) is 2. The van der Waals surface area contributed by atoms with Crippen molar-refractivity contribution >= 4 is 22.6 Å². The Hall–Kier alpha value is 0.650. The number of piperidine rings is 1. The van der Waals surface area contributed by atoms with E-state index in [0.29, 0.717) is 4.05 Å². The van der Waals surface area contributed by atoms with Crippen LogP contribution in [0.15, 0.2) is 0 Å². The molecule has 0 aliphatic carbocycles. The van der Waals surface area contributed by atoms with E-state index in [1.807, 2.05) is 0 Å². The van der Waals surface area contributed by atoms with E-state index in [9.17, 15) is 0 Å². The van der Waals surface area contributed by atoms with Crippen LogP contribution in [0.3, 0.4) is 0 Å². The molecule has 0 radical (unpaired) electrons. The van der Waals surface area contributed by atoms with Gasteiger partial charge in [0.05, 0.1) is 4.05 Å². The van der Waals surface area contributed by atoms with E-state index >= 15 is 0 Å². The Labute approximate surface area is 101 Å². The number of rotatable bonds is 2. The van der Waals surface area contributed by atoms with Gasteiger partial charge in [0, 0.05) is 19.1 Å². The Morgan fingerprint density at radius 1 is 1.07 bits per heavy atom. The lowest BCUT2D eigenvalue weighted by Crippen LogP contribution is -2.45. The van der Waals surface area contributed by atoms with Crippen LogP contribution in [0.2, 0.25) is 0 Å². The Balaban J connectivity index is 1.77. The third-order valence-corrected chi connectivity index (χ3v) is 4.45. The molecule has 2 nitrogen and oxygen atoms in total. The van der Waals surface area contributed by atoms with Crippen molar-refractivity contribution in [1.82, 2.24) is 9.80 Å². The largest absolute Gasteiger partial charge is 0.300 e. The zero-order valence-electron chi connectivity index (χ0n) is 9.08. The smallest absolute Gasteiger partial charge is 0.0589 e. The molecule has 0 N–H and O–H groups in total. The first-order valence-corrected chi connectivity index (χ1v) is 7.14. The Bertz CT molecular complexity index is 170. The number of hydrogen-bond donors (Lipinski definition) is 0. The lowest BCUT2D eigenvalue weighted by Gasteiger charge is -2.37. The van der Waals surface area contributed by atoms with Crippen molar-refractivity contribution < 1.29 is 0 Å². The van der Waals surface area contributed by atoms with Crippen molar-refractivity contribution in [3.8, 4) is 0 Å². The lowest BCUT2D eigenvalue weighted by molar-refractivity contribution is 0.127. The molecule has 2 rings (SSSR count). The third-order valence-electron chi connectivity index (χ3n) is 3.66. The predicted octanol–water partition coefficient (Wildman–Crippen LogP) is 2.33. The Morgan fingerprint density at radius 2 is 1.64 bits per heavy atom. The van der Waals surface area contributed by atoms with Crippen LogP contribution in [0.1, 0.15) is 32.6 Å². The van der Waals surface area contributed by atoms with E-state index in [4.69, 9.17) is 0 Å². The maximum Gasteiger partial charge on any atom is 0.0589 e. The summed E-state index contributed by atoms with van der Waals surface area (Å²) in [5.41, 5.74) is 0. The van der Waals surface area contributed by atoms with Gasteiger partial charge in [-0.05, 0) is 45.7 Å². The summed E-state index contributed by atoms with van der Waals surface area (Å²) in [6, 6.07) is 0.906. The summed E-state index contributed by atoms with van der Waals surface area (Å²) < 4.78 is 0.715. The van der Waals surface area contributed by atoms with Gasteiger partial charge in [-0.3, -0.25) is 4.90 Å². The van der Waals surface area contributed by atoms with Gasteiger partial charge in [0.15, 0.2) is 0 Å². The monoisotopic (exact) mass is 308 g/mol. The first-order valence-electron chi connectivity index (χ1n) is 5.89. The molecule has 2 fully saturated rings.